The molecule has 4 heterocycles. The predicted molar refractivity (Wildman–Crippen MR) is 159 cm³/mol. The number of hydrogen-bond acceptors (Lipinski definition) is 8. The lowest BCUT2D eigenvalue weighted by molar-refractivity contribution is -0.0494. The normalized spacial score (nSPS) is 14.0. The quantitative estimate of drug-likeness (QED) is 0.229. The van der Waals surface area contributed by atoms with E-state index in [1.54, 1.807) is 18.5 Å². The van der Waals surface area contributed by atoms with Crippen molar-refractivity contribution in [1.82, 2.24) is 24.5 Å². The molecule has 0 unspecified atom stereocenters. The van der Waals surface area contributed by atoms with Crippen molar-refractivity contribution in [2.24, 2.45) is 0 Å². The Morgan fingerprint density at radius 3 is 2.69 bits per heavy atom. The maximum Gasteiger partial charge on any atom is 0.387 e. The molecule has 1 saturated heterocycles. The first-order chi connectivity index (χ1) is 20.4. The molecule has 2 aromatic carbocycles. The van der Waals surface area contributed by atoms with E-state index in [2.05, 4.69) is 37.3 Å². The second-order valence-electron chi connectivity index (χ2n) is 9.66. The first kappa shape index (κ1) is 28.0. The second kappa shape index (κ2) is 12.4. The van der Waals surface area contributed by atoms with Crippen LogP contribution in [0.3, 0.4) is 0 Å². The molecule has 0 saturated carbocycles. The summed E-state index contributed by atoms with van der Waals surface area (Å²) in [5.74, 6) is -0.547. The Morgan fingerprint density at radius 2 is 1.90 bits per heavy atom. The first-order valence-electron chi connectivity index (χ1n) is 13.3. The highest BCUT2D eigenvalue weighted by Gasteiger charge is 2.26. The number of carbonyl (C=O) groups is 1. The molecule has 6 rings (SSSR count). The lowest BCUT2D eigenvalue weighted by Gasteiger charge is -2.34. The number of carbonyl (C=O) groups excluding carboxylic acids is 1. The zero-order chi connectivity index (χ0) is 29.1. The molecule has 0 radical (unpaired) electrons. The number of anilines is 2. The Bertz CT molecular complexity index is 1690. The van der Waals surface area contributed by atoms with Gasteiger partial charge in [-0.2, -0.15) is 13.9 Å². The summed E-state index contributed by atoms with van der Waals surface area (Å²) < 4.78 is 32.9. The molecule has 0 spiro atoms. The van der Waals surface area contributed by atoms with E-state index in [4.69, 9.17) is 21.3 Å². The molecule has 1 amide bonds. The molecule has 1 N–H and O–H groups in total. The summed E-state index contributed by atoms with van der Waals surface area (Å²) in [6.45, 7) is 1.04. The SMILES string of the molecule is O=C(Nc1sc(N2CCN(CCc3ccccc3)CC2)nc1-c1cc(Cl)ccc1OC(F)F)c1cnn2cccnc12. The van der Waals surface area contributed by atoms with E-state index in [0.29, 0.717) is 20.8 Å². The number of hydrogen-bond donors (Lipinski definition) is 1. The van der Waals surface area contributed by atoms with Crippen LogP contribution in [0.1, 0.15) is 15.9 Å². The van der Waals surface area contributed by atoms with Gasteiger partial charge in [0.2, 0.25) is 0 Å². The fraction of sp³-hybridized carbons (Fsp3) is 0.241. The summed E-state index contributed by atoms with van der Waals surface area (Å²) in [4.78, 5) is 27.0. The fourth-order valence-electron chi connectivity index (χ4n) is 4.85. The van der Waals surface area contributed by atoms with Gasteiger partial charge in [-0.1, -0.05) is 53.3 Å². The third kappa shape index (κ3) is 6.20. The van der Waals surface area contributed by atoms with Crippen LogP contribution in [0.4, 0.5) is 18.9 Å². The van der Waals surface area contributed by atoms with Crippen molar-refractivity contribution in [2.75, 3.05) is 42.9 Å². The van der Waals surface area contributed by atoms with Crippen molar-refractivity contribution in [1.29, 1.82) is 0 Å². The summed E-state index contributed by atoms with van der Waals surface area (Å²) in [7, 11) is 0. The van der Waals surface area contributed by atoms with Crippen molar-refractivity contribution < 1.29 is 18.3 Å². The fourth-order valence-corrected chi connectivity index (χ4v) is 6.05. The standard InChI is InChI=1S/C29H26ClF2N7O2S/c30-20-7-8-23(41-28(31)32)21(17-20)24-27(36-26(40)22-18-34-39-11-4-10-33-25(22)39)42-29(35-24)38-15-13-37(14-16-38)12-9-19-5-2-1-3-6-19/h1-8,10-11,17-18,28H,9,12-16H2,(H,36,40). The predicted octanol–water partition coefficient (Wildman–Crippen LogP) is 5.72. The molecule has 0 aliphatic carbocycles. The van der Waals surface area contributed by atoms with Gasteiger partial charge in [-0.3, -0.25) is 9.69 Å². The highest BCUT2D eigenvalue weighted by atomic mass is 35.5. The van der Waals surface area contributed by atoms with Gasteiger partial charge in [0, 0.05) is 55.7 Å². The smallest absolute Gasteiger partial charge is 0.387 e. The van der Waals surface area contributed by atoms with Gasteiger partial charge in [-0.05, 0) is 36.2 Å². The number of halogens is 3. The third-order valence-electron chi connectivity index (χ3n) is 6.98. The topological polar surface area (TPSA) is 87.9 Å². The number of amides is 1. The summed E-state index contributed by atoms with van der Waals surface area (Å²) in [6.07, 6.45) is 5.66. The van der Waals surface area contributed by atoms with Crippen molar-refractivity contribution >= 4 is 44.6 Å². The number of aromatic nitrogens is 4. The van der Waals surface area contributed by atoms with Gasteiger partial charge >= 0.3 is 6.61 Å². The van der Waals surface area contributed by atoms with Gasteiger partial charge in [0.1, 0.15) is 22.0 Å². The largest absolute Gasteiger partial charge is 0.434 e. The lowest BCUT2D eigenvalue weighted by Crippen LogP contribution is -2.47. The second-order valence-corrected chi connectivity index (χ2v) is 11.1. The molecule has 0 atom stereocenters. The van der Waals surface area contributed by atoms with Crippen LogP contribution in [-0.4, -0.2) is 69.7 Å². The average molecular weight is 610 g/mol. The minimum atomic E-state index is -3.05. The molecule has 1 aliphatic heterocycles. The van der Waals surface area contributed by atoms with E-state index in [1.807, 2.05) is 18.2 Å². The highest BCUT2D eigenvalue weighted by molar-refractivity contribution is 7.20. The minimum Gasteiger partial charge on any atom is -0.434 e. The summed E-state index contributed by atoms with van der Waals surface area (Å²) in [6, 6.07) is 16.4. The van der Waals surface area contributed by atoms with E-state index >= 15 is 0 Å². The molecule has 42 heavy (non-hydrogen) atoms. The zero-order valence-corrected chi connectivity index (χ0v) is 23.9. The number of nitrogens with one attached hydrogen (secondary N) is 1. The lowest BCUT2D eigenvalue weighted by atomic mass is 10.1. The Morgan fingerprint density at radius 1 is 1.10 bits per heavy atom. The van der Waals surface area contributed by atoms with Gasteiger partial charge in [0.05, 0.1) is 6.20 Å². The Kier molecular flexibility index (Phi) is 8.27. The Labute approximate surface area is 249 Å². The molecular weight excluding hydrogens is 584 g/mol. The van der Waals surface area contributed by atoms with Crippen LogP contribution < -0.4 is 15.0 Å². The number of benzene rings is 2. The van der Waals surface area contributed by atoms with Gasteiger partial charge in [-0.25, -0.2) is 14.5 Å². The van der Waals surface area contributed by atoms with Crippen LogP contribution in [0.25, 0.3) is 16.9 Å². The minimum absolute atomic E-state index is 0.0925. The van der Waals surface area contributed by atoms with Gasteiger partial charge in [0.15, 0.2) is 10.8 Å². The molecule has 3 aromatic heterocycles. The van der Waals surface area contributed by atoms with Crippen LogP contribution in [0.2, 0.25) is 5.02 Å². The van der Waals surface area contributed by atoms with Gasteiger partial charge in [-0.15, -0.1) is 0 Å². The number of fused-ring (bicyclic) bond motifs is 1. The summed E-state index contributed by atoms with van der Waals surface area (Å²) in [5.41, 5.74) is 2.49. The summed E-state index contributed by atoms with van der Waals surface area (Å²) in [5, 5.41) is 8.45. The van der Waals surface area contributed by atoms with Crippen molar-refractivity contribution in [2.45, 2.75) is 13.0 Å². The number of thiazole rings is 1. The summed E-state index contributed by atoms with van der Waals surface area (Å²) >= 11 is 7.53. The molecule has 5 aromatic rings. The zero-order valence-electron chi connectivity index (χ0n) is 22.3. The van der Waals surface area contributed by atoms with Crippen LogP contribution in [0, 0.1) is 0 Å². The van der Waals surface area contributed by atoms with E-state index < -0.39 is 12.5 Å². The van der Waals surface area contributed by atoms with E-state index in [1.165, 1.54) is 45.8 Å². The first-order valence-corrected chi connectivity index (χ1v) is 14.5. The Hall–Kier alpha value is -4.13. The van der Waals surface area contributed by atoms with Crippen LogP contribution in [0.5, 0.6) is 5.75 Å². The average Bonchev–Trinajstić information content (AvgIpc) is 3.62. The van der Waals surface area contributed by atoms with Gasteiger partial charge in [0.25, 0.3) is 5.91 Å². The number of nitrogens with zero attached hydrogens (tertiary/aromatic N) is 6. The molecule has 0 bridgehead atoms. The van der Waals surface area contributed by atoms with Crippen molar-refractivity contribution in [3.63, 3.8) is 0 Å². The third-order valence-corrected chi connectivity index (χ3v) is 8.25. The van der Waals surface area contributed by atoms with Crippen LogP contribution >= 0.6 is 22.9 Å². The van der Waals surface area contributed by atoms with E-state index in [0.717, 1.165) is 39.1 Å². The Balaban J connectivity index is 1.27. The van der Waals surface area contributed by atoms with Crippen molar-refractivity contribution in [3.05, 3.63) is 89.3 Å². The maximum atomic E-state index is 13.4. The number of rotatable bonds is 9. The molecular formula is C29H26ClF2N7O2S. The number of piperazine rings is 1. The molecule has 9 nitrogen and oxygen atoms in total. The monoisotopic (exact) mass is 609 g/mol. The van der Waals surface area contributed by atoms with Crippen LogP contribution in [-0.2, 0) is 6.42 Å². The van der Waals surface area contributed by atoms with Crippen LogP contribution in [0.15, 0.2) is 73.2 Å². The maximum absolute atomic E-state index is 13.4. The van der Waals surface area contributed by atoms with E-state index in [9.17, 15) is 13.6 Å². The number of alkyl halides is 2. The number of ether oxygens (including phenoxy) is 1. The molecule has 216 valence electrons. The highest BCUT2D eigenvalue weighted by Crippen LogP contribution is 2.43. The van der Waals surface area contributed by atoms with Crippen molar-refractivity contribution in [3.8, 4) is 17.0 Å². The molecule has 1 fully saturated rings. The van der Waals surface area contributed by atoms with E-state index in [-0.39, 0.29) is 22.6 Å². The molecule has 1 aliphatic rings. The molecule has 13 heteroatoms. The van der Waals surface area contributed by atoms with Gasteiger partial charge < -0.3 is 15.0 Å².